The van der Waals surface area contributed by atoms with E-state index in [-0.39, 0.29) is 5.91 Å². The lowest BCUT2D eigenvalue weighted by molar-refractivity contribution is -0.141. The Bertz CT molecular complexity index is 1180. The minimum Gasteiger partial charge on any atom is -0.444 e. The number of rotatable bonds is 5. The van der Waals surface area contributed by atoms with Crippen LogP contribution in [0.2, 0.25) is 0 Å². The molecule has 206 valence electrons. The molecule has 0 aromatic heterocycles. The van der Waals surface area contributed by atoms with Gasteiger partial charge in [-0.3, -0.25) is 14.5 Å². The summed E-state index contributed by atoms with van der Waals surface area (Å²) in [5, 5.41) is 19.2. The molecule has 0 spiro atoms. The number of ether oxygens (including phenoxy) is 2. The number of hydrogen-bond acceptors (Lipinski definition) is 7. The molecule has 5 atom stereocenters. The van der Waals surface area contributed by atoms with E-state index in [2.05, 4.69) is 10.6 Å². The average Bonchev–Trinajstić information content (AvgIpc) is 3.23. The summed E-state index contributed by atoms with van der Waals surface area (Å²) in [5.41, 5.74) is 0.00795. The van der Waals surface area contributed by atoms with Gasteiger partial charge in [-0.05, 0) is 58.4 Å². The third kappa shape index (κ3) is 6.09. The fourth-order valence-corrected chi connectivity index (χ4v) is 4.95. The Kier molecular flexibility index (Phi) is 8.25. The van der Waals surface area contributed by atoms with Crippen molar-refractivity contribution < 1.29 is 29.0 Å². The Labute approximate surface area is 223 Å². The third-order valence-corrected chi connectivity index (χ3v) is 7.10. The fraction of sp³-hybridized carbons (Fsp3) is 0.536. The SMILES string of the molecule is C[C@@H](C(=O)N[C@H]1CCO[C@H]2CC[C@H](C(=O)Nc3cccc4ccccc34)N2C1O)N(C)C(=O)OC(C)(C)C. The molecule has 2 aromatic carbocycles. The van der Waals surface area contributed by atoms with Gasteiger partial charge in [-0.15, -0.1) is 0 Å². The van der Waals surface area contributed by atoms with Crippen molar-refractivity contribution in [2.75, 3.05) is 19.0 Å². The van der Waals surface area contributed by atoms with Crippen molar-refractivity contribution in [1.82, 2.24) is 15.1 Å². The summed E-state index contributed by atoms with van der Waals surface area (Å²) in [6.45, 7) is 7.18. The molecule has 4 rings (SSSR count). The van der Waals surface area contributed by atoms with Crippen molar-refractivity contribution in [1.29, 1.82) is 0 Å². The van der Waals surface area contributed by atoms with Crippen LogP contribution in [0.4, 0.5) is 10.5 Å². The summed E-state index contributed by atoms with van der Waals surface area (Å²) in [4.78, 5) is 41.8. The number of carbonyl (C=O) groups excluding carboxylic acids is 3. The molecule has 2 aliphatic rings. The van der Waals surface area contributed by atoms with E-state index in [1.165, 1.54) is 11.9 Å². The molecule has 38 heavy (non-hydrogen) atoms. The summed E-state index contributed by atoms with van der Waals surface area (Å²) in [7, 11) is 1.50. The zero-order valence-electron chi connectivity index (χ0n) is 22.6. The molecule has 3 amide bonds. The predicted molar refractivity (Wildman–Crippen MR) is 143 cm³/mol. The molecular weight excluding hydrogens is 488 g/mol. The molecule has 2 aliphatic heterocycles. The fourth-order valence-electron chi connectivity index (χ4n) is 4.95. The lowest BCUT2D eigenvalue weighted by Crippen LogP contribution is -2.58. The Balaban J connectivity index is 1.45. The summed E-state index contributed by atoms with van der Waals surface area (Å²) in [6.07, 6.45) is -0.733. The summed E-state index contributed by atoms with van der Waals surface area (Å²) in [5.74, 6) is -0.673. The van der Waals surface area contributed by atoms with Crippen LogP contribution in [0.15, 0.2) is 42.5 Å². The van der Waals surface area contributed by atoms with Gasteiger partial charge in [-0.1, -0.05) is 36.4 Å². The number of aliphatic hydroxyl groups excluding tert-OH is 1. The molecular formula is C28H38N4O6. The van der Waals surface area contributed by atoms with Crippen molar-refractivity contribution in [3.05, 3.63) is 42.5 Å². The van der Waals surface area contributed by atoms with Crippen LogP contribution in [0.25, 0.3) is 10.8 Å². The monoisotopic (exact) mass is 526 g/mol. The highest BCUT2D eigenvalue weighted by atomic mass is 16.6. The smallest absolute Gasteiger partial charge is 0.410 e. The summed E-state index contributed by atoms with van der Waals surface area (Å²) >= 11 is 0. The second-order valence-electron chi connectivity index (χ2n) is 11.0. The van der Waals surface area contributed by atoms with E-state index in [4.69, 9.17) is 9.47 Å². The van der Waals surface area contributed by atoms with Gasteiger partial charge in [0, 0.05) is 18.1 Å². The first-order valence-electron chi connectivity index (χ1n) is 13.1. The first kappa shape index (κ1) is 27.8. The second-order valence-corrected chi connectivity index (χ2v) is 11.0. The van der Waals surface area contributed by atoms with Crippen LogP contribution in [0.3, 0.4) is 0 Å². The van der Waals surface area contributed by atoms with Gasteiger partial charge in [-0.25, -0.2) is 9.69 Å². The van der Waals surface area contributed by atoms with Crippen LogP contribution in [-0.2, 0) is 19.1 Å². The van der Waals surface area contributed by atoms with Gasteiger partial charge in [0.15, 0.2) is 0 Å². The van der Waals surface area contributed by atoms with Crippen LogP contribution in [0, 0.1) is 0 Å². The number of benzene rings is 2. The lowest BCUT2D eigenvalue weighted by Gasteiger charge is -2.35. The average molecular weight is 527 g/mol. The molecule has 0 bridgehead atoms. The van der Waals surface area contributed by atoms with Crippen molar-refractivity contribution in [3.63, 3.8) is 0 Å². The van der Waals surface area contributed by atoms with E-state index >= 15 is 0 Å². The van der Waals surface area contributed by atoms with Crippen molar-refractivity contribution in [2.45, 2.75) is 83.1 Å². The Hall–Kier alpha value is -3.21. The van der Waals surface area contributed by atoms with E-state index in [1.54, 1.807) is 32.6 Å². The molecule has 2 heterocycles. The van der Waals surface area contributed by atoms with Gasteiger partial charge in [0.05, 0.1) is 18.7 Å². The first-order valence-corrected chi connectivity index (χ1v) is 13.1. The van der Waals surface area contributed by atoms with Crippen LogP contribution in [0.1, 0.15) is 47.0 Å². The normalized spacial score (nSPS) is 24.7. The minimum atomic E-state index is -1.14. The number of carbonyl (C=O) groups is 3. The van der Waals surface area contributed by atoms with E-state index in [0.717, 1.165) is 10.8 Å². The topological polar surface area (TPSA) is 120 Å². The van der Waals surface area contributed by atoms with Gasteiger partial charge in [0.25, 0.3) is 0 Å². The van der Waals surface area contributed by atoms with E-state index in [1.807, 2.05) is 42.5 Å². The highest BCUT2D eigenvalue weighted by Gasteiger charge is 2.46. The molecule has 0 aliphatic carbocycles. The number of amides is 3. The maximum absolute atomic E-state index is 13.4. The Morgan fingerprint density at radius 2 is 1.82 bits per heavy atom. The number of nitrogens with zero attached hydrogens (tertiary/aromatic N) is 2. The van der Waals surface area contributed by atoms with Gasteiger partial charge < -0.3 is 25.2 Å². The third-order valence-electron chi connectivity index (χ3n) is 7.10. The Morgan fingerprint density at radius 1 is 1.11 bits per heavy atom. The van der Waals surface area contributed by atoms with Crippen LogP contribution in [-0.4, -0.2) is 82.7 Å². The maximum atomic E-state index is 13.4. The number of nitrogens with one attached hydrogen (secondary N) is 2. The highest BCUT2D eigenvalue weighted by molar-refractivity contribution is 6.03. The van der Waals surface area contributed by atoms with Crippen molar-refractivity contribution in [2.24, 2.45) is 0 Å². The number of fused-ring (bicyclic) bond motifs is 2. The molecule has 10 nitrogen and oxygen atoms in total. The second kappa shape index (κ2) is 11.3. The molecule has 2 aromatic rings. The standard InChI is InChI=1S/C28H38N4O6/c1-17(31(5)27(36)38-28(2,3)4)24(33)30-21-15-16-37-23-14-13-22(32(23)26(21)35)25(34)29-20-12-8-10-18-9-6-7-11-19(18)20/h6-12,17,21-23,26,35H,13-16H2,1-5H3,(H,29,34)(H,30,33)/t17-,21-,22+,23-,26?/m0/s1. The number of anilines is 1. The Morgan fingerprint density at radius 3 is 2.55 bits per heavy atom. The van der Waals surface area contributed by atoms with Crippen molar-refractivity contribution >= 4 is 34.4 Å². The zero-order chi connectivity index (χ0) is 27.6. The molecule has 1 unspecified atom stereocenters. The van der Waals surface area contributed by atoms with Crippen LogP contribution >= 0.6 is 0 Å². The quantitative estimate of drug-likeness (QED) is 0.548. The highest BCUT2D eigenvalue weighted by Crippen LogP contribution is 2.32. The lowest BCUT2D eigenvalue weighted by atomic mass is 10.1. The zero-order valence-corrected chi connectivity index (χ0v) is 22.6. The molecule has 0 saturated carbocycles. The first-order chi connectivity index (χ1) is 18.0. The minimum absolute atomic E-state index is 0.239. The van der Waals surface area contributed by atoms with Gasteiger partial charge in [-0.2, -0.15) is 0 Å². The summed E-state index contributed by atoms with van der Waals surface area (Å²) in [6, 6.07) is 11.4. The largest absolute Gasteiger partial charge is 0.444 e. The van der Waals surface area contributed by atoms with Gasteiger partial charge in [0.1, 0.15) is 24.1 Å². The van der Waals surface area contributed by atoms with Gasteiger partial charge >= 0.3 is 6.09 Å². The van der Waals surface area contributed by atoms with Crippen LogP contribution in [0.5, 0.6) is 0 Å². The van der Waals surface area contributed by atoms with E-state index in [0.29, 0.717) is 31.6 Å². The van der Waals surface area contributed by atoms with Gasteiger partial charge in [0.2, 0.25) is 11.8 Å². The van der Waals surface area contributed by atoms with Crippen molar-refractivity contribution in [3.8, 4) is 0 Å². The predicted octanol–water partition coefficient (Wildman–Crippen LogP) is 3.05. The molecule has 10 heteroatoms. The van der Waals surface area contributed by atoms with E-state index < -0.39 is 48.2 Å². The molecule has 3 N–H and O–H groups in total. The molecule has 2 fully saturated rings. The number of likely N-dealkylation sites (N-methyl/N-ethyl adjacent to an activating group) is 1. The molecule has 2 saturated heterocycles. The van der Waals surface area contributed by atoms with Crippen LogP contribution < -0.4 is 10.6 Å². The number of hydrogen-bond donors (Lipinski definition) is 3. The number of aliphatic hydroxyl groups is 1. The van der Waals surface area contributed by atoms with E-state index in [9.17, 15) is 19.5 Å². The maximum Gasteiger partial charge on any atom is 0.410 e. The molecule has 0 radical (unpaired) electrons. The summed E-state index contributed by atoms with van der Waals surface area (Å²) < 4.78 is 11.3.